The molecular formula is C26H21Cl2F3N6O4. The largest absolute Gasteiger partial charge is 0.495 e. The van der Waals surface area contributed by atoms with Gasteiger partial charge in [0.05, 0.1) is 36.3 Å². The van der Waals surface area contributed by atoms with E-state index in [1.807, 2.05) is 0 Å². The minimum Gasteiger partial charge on any atom is -0.495 e. The standard InChI is InChI=1S/C26H21Cl2F3N6O4/c1-3-19(25(40)33-14-5-6-15(24(32)39)18(9-14)26(29,30)31)36-11-21(41-2)17(10-23(36)38)16-8-13(27)4-7-20(16)37-12-22(28)34-35-37/h4-12,19H,3H2,1-2H3,(H2,32,39)(H,33,40)/t19-/m0/s1. The molecule has 0 fully saturated rings. The topological polar surface area (TPSA) is 134 Å². The number of rotatable bonds is 8. The summed E-state index contributed by atoms with van der Waals surface area (Å²) in [6.07, 6.45) is -2.02. The highest BCUT2D eigenvalue weighted by Crippen LogP contribution is 2.36. The number of hydrogen-bond acceptors (Lipinski definition) is 6. The van der Waals surface area contributed by atoms with Crippen LogP contribution in [-0.2, 0) is 11.0 Å². The van der Waals surface area contributed by atoms with Crippen molar-refractivity contribution in [3.63, 3.8) is 0 Å². The van der Waals surface area contributed by atoms with Gasteiger partial charge in [-0.1, -0.05) is 35.3 Å². The molecule has 10 nitrogen and oxygen atoms in total. The van der Waals surface area contributed by atoms with Gasteiger partial charge in [-0.05, 0) is 42.8 Å². The van der Waals surface area contributed by atoms with Gasteiger partial charge in [0.15, 0.2) is 5.15 Å². The molecule has 1 atom stereocenters. The minimum absolute atomic E-state index is 0.0968. The average molecular weight is 609 g/mol. The number of nitrogens with two attached hydrogens (primary N) is 1. The Morgan fingerprint density at radius 3 is 2.41 bits per heavy atom. The number of halogens is 5. The van der Waals surface area contributed by atoms with Crippen LogP contribution < -0.4 is 21.3 Å². The van der Waals surface area contributed by atoms with Crippen LogP contribution in [0.15, 0.2) is 59.7 Å². The summed E-state index contributed by atoms with van der Waals surface area (Å²) < 4.78 is 48.5. The molecule has 3 N–H and O–H groups in total. The zero-order chi connectivity index (χ0) is 30.1. The van der Waals surface area contributed by atoms with Gasteiger partial charge in [-0.15, -0.1) is 5.10 Å². The fourth-order valence-electron chi connectivity index (χ4n) is 4.24. The van der Waals surface area contributed by atoms with Crippen LogP contribution in [0.2, 0.25) is 10.2 Å². The van der Waals surface area contributed by atoms with Crippen molar-refractivity contribution < 1.29 is 27.5 Å². The van der Waals surface area contributed by atoms with E-state index in [9.17, 15) is 27.6 Å². The Hall–Kier alpha value is -4.36. The van der Waals surface area contributed by atoms with Gasteiger partial charge in [0.25, 0.3) is 5.56 Å². The normalized spacial score (nSPS) is 12.2. The number of carbonyl (C=O) groups excluding carboxylic acids is 2. The first-order valence-corrected chi connectivity index (χ1v) is 12.6. The van der Waals surface area contributed by atoms with Gasteiger partial charge < -0.3 is 15.8 Å². The lowest BCUT2D eigenvalue weighted by Gasteiger charge is -2.21. The predicted octanol–water partition coefficient (Wildman–Crippen LogP) is 5.12. The van der Waals surface area contributed by atoms with Gasteiger partial charge in [0, 0.05) is 27.9 Å². The second-order valence-corrected chi connectivity index (χ2v) is 9.51. The molecular weight excluding hydrogens is 588 g/mol. The van der Waals surface area contributed by atoms with Crippen LogP contribution in [0.1, 0.15) is 35.3 Å². The van der Waals surface area contributed by atoms with E-state index in [0.29, 0.717) is 27.9 Å². The Labute approximate surface area is 240 Å². The molecule has 0 spiro atoms. The Kier molecular flexibility index (Phi) is 8.40. The first-order valence-electron chi connectivity index (χ1n) is 11.8. The highest BCUT2D eigenvalue weighted by molar-refractivity contribution is 6.31. The van der Waals surface area contributed by atoms with Crippen molar-refractivity contribution in [3.8, 4) is 22.6 Å². The van der Waals surface area contributed by atoms with Crippen LogP contribution in [0.5, 0.6) is 5.75 Å². The summed E-state index contributed by atoms with van der Waals surface area (Å²) in [7, 11) is 1.37. The zero-order valence-corrected chi connectivity index (χ0v) is 22.9. The number of benzene rings is 2. The van der Waals surface area contributed by atoms with Crippen LogP contribution in [0, 0.1) is 0 Å². The van der Waals surface area contributed by atoms with Crippen LogP contribution in [0.3, 0.4) is 0 Å². The van der Waals surface area contributed by atoms with Crippen molar-refractivity contribution in [1.82, 2.24) is 19.6 Å². The number of hydrogen-bond donors (Lipinski definition) is 2. The second-order valence-electron chi connectivity index (χ2n) is 8.68. The van der Waals surface area contributed by atoms with Gasteiger partial charge >= 0.3 is 6.18 Å². The fraction of sp³-hybridized carbons (Fsp3) is 0.192. The quantitative estimate of drug-likeness (QED) is 0.285. The third-order valence-electron chi connectivity index (χ3n) is 6.11. The molecule has 0 unspecified atom stereocenters. The molecule has 2 amide bonds. The lowest BCUT2D eigenvalue weighted by atomic mass is 10.0. The number of carbonyl (C=O) groups is 2. The summed E-state index contributed by atoms with van der Waals surface area (Å²) in [5.41, 5.74) is 3.43. The molecule has 0 bridgehead atoms. The molecule has 2 heterocycles. The summed E-state index contributed by atoms with van der Waals surface area (Å²) >= 11 is 12.2. The van der Waals surface area contributed by atoms with Gasteiger partial charge in [0.2, 0.25) is 11.8 Å². The van der Waals surface area contributed by atoms with E-state index in [2.05, 4.69) is 15.6 Å². The number of alkyl halides is 3. The summed E-state index contributed by atoms with van der Waals surface area (Å²) in [4.78, 5) is 38.0. The van der Waals surface area contributed by atoms with E-state index in [1.165, 1.54) is 30.3 Å². The van der Waals surface area contributed by atoms with Crippen LogP contribution in [-0.4, -0.2) is 38.5 Å². The molecule has 2 aromatic carbocycles. The third-order valence-corrected chi connectivity index (χ3v) is 6.52. The van der Waals surface area contributed by atoms with Crippen molar-refractivity contribution >= 4 is 40.7 Å². The number of ether oxygens (including phenoxy) is 1. The molecule has 0 radical (unpaired) electrons. The van der Waals surface area contributed by atoms with E-state index < -0.39 is 40.7 Å². The Morgan fingerprint density at radius 2 is 1.83 bits per heavy atom. The van der Waals surface area contributed by atoms with Crippen molar-refractivity contribution in [3.05, 3.63) is 86.5 Å². The third kappa shape index (κ3) is 6.20. The number of primary amides is 1. The number of nitrogens with one attached hydrogen (secondary N) is 1. The first-order chi connectivity index (χ1) is 19.3. The van der Waals surface area contributed by atoms with Crippen LogP contribution in [0.4, 0.5) is 18.9 Å². The molecule has 4 rings (SSSR count). The summed E-state index contributed by atoms with van der Waals surface area (Å²) in [5, 5.41) is 10.6. The molecule has 0 aliphatic rings. The fourth-order valence-corrected chi connectivity index (χ4v) is 4.53. The molecule has 41 heavy (non-hydrogen) atoms. The van der Waals surface area contributed by atoms with Crippen LogP contribution in [0.25, 0.3) is 16.8 Å². The molecule has 4 aromatic rings. The lowest BCUT2D eigenvalue weighted by molar-refractivity contribution is -0.138. The van der Waals surface area contributed by atoms with Gasteiger partial charge in [-0.3, -0.25) is 19.0 Å². The molecule has 0 aliphatic heterocycles. The Balaban J connectivity index is 1.74. The Bertz CT molecular complexity index is 1700. The van der Waals surface area contributed by atoms with E-state index >= 15 is 0 Å². The number of pyridine rings is 1. The maximum atomic E-state index is 13.5. The molecule has 0 saturated heterocycles. The SMILES string of the molecule is CC[C@@H](C(=O)Nc1ccc(C(N)=O)c(C(F)(F)F)c1)n1cc(OC)c(-c2cc(Cl)ccc2-n2cc(Cl)nn2)cc1=O. The average Bonchev–Trinajstić information content (AvgIpc) is 3.34. The minimum atomic E-state index is -4.90. The zero-order valence-electron chi connectivity index (χ0n) is 21.4. The number of aromatic nitrogens is 4. The van der Waals surface area contributed by atoms with E-state index in [-0.39, 0.29) is 23.0 Å². The van der Waals surface area contributed by atoms with E-state index in [1.54, 1.807) is 25.1 Å². The lowest BCUT2D eigenvalue weighted by Crippen LogP contribution is -2.33. The highest BCUT2D eigenvalue weighted by Gasteiger charge is 2.35. The Morgan fingerprint density at radius 1 is 1.10 bits per heavy atom. The van der Waals surface area contributed by atoms with Crippen molar-refractivity contribution in [2.75, 3.05) is 12.4 Å². The number of amides is 2. The van der Waals surface area contributed by atoms with Crippen molar-refractivity contribution in [2.24, 2.45) is 5.73 Å². The maximum absolute atomic E-state index is 13.5. The van der Waals surface area contributed by atoms with Gasteiger partial charge in [0.1, 0.15) is 11.8 Å². The molecule has 214 valence electrons. The number of nitrogens with zero attached hydrogens (tertiary/aromatic N) is 4. The predicted molar refractivity (Wildman–Crippen MR) is 146 cm³/mol. The summed E-state index contributed by atoms with van der Waals surface area (Å²) in [5.74, 6) is -1.85. The summed E-state index contributed by atoms with van der Waals surface area (Å²) in [6, 6.07) is 7.55. The van der Waals surface area contributed by atoms with E-state index in [0.717, 1.165) is 16.7 Å². The second kappa shape index (κ2) is 11.6. The highest BCUT2D eigenvalue weighted by atomic mass is 35.5. The molecule has 0 aliphatic carbocycles. The number of methoxy groups -OCH3 is 1. The van der Waals surface area contributed by atoms with Crippen LogP contribution >= 0.6 is 23.2 Å². The van der Waals surface area contributed by atoms with E-state index in [4.69, 9.17) is 33.7 Å². The molecule has 0 saturated carbocycles. The van der Waals surface area contributed by atoms with Gasteiger partial charge in [-0.2, -0.15) is 13.2 Å². The monoisotopic (exact) mass is 608 g/mol. The van der Waals surface area contributed by atoms with Gasteiger partial charge in [-0.25, -0.2) is 4.68 Å². The maximum Gasteiger partial charge on any atom is 0.417 e. The smallest absolute Gasteiger partial charge is 0.417 e. The molecule has 2 aromatic heterocycles. The summed E-state index contributed by atoms with van der Waals surface area (Å²) in [6.45, 7) is 1.62. The molecule has 15 heteroatoms. The number of anilines is 1. The van der Waals surface area contributed by atoms with Crippen molar-refractivity contribution in [2.45, 2.75) is 25.6 Å². The first kappa shape index (κ1) is 29.6. The van der Waals surface area contributed by atoms with Crippen molar-refractivity contribution in [1.29, 1.82) is 0 Å².